The van der Waals surface area contributed by atoms with Crippen LogP contribution in [0.3, 0.4) is 0 Å². The van der Waals surface area contributed by atoms with Crippen LogP contribution >= 0.6 is 0 Å². The Kier molecular flexibility index (Phi) is 3.09. The molecule has 78 valence electrons. The molecule has 0 spiro atoms. The summed E-state index contributed by atoms with van der Waals surface area (Å²) in [5, 5.41) is 3.36. The molecule has 0 aliphatic rings. The molecule has 0 amide bonds. The fraction of sp³-hybridized carbons (Fsp3) is 0.273. The van der Waals surface area contributed by atoms with Crippen LogP contribution in [0.25, 0.3) is 0 Å². The van der Waals surface area contributed by atoms with Gasteiger partial charge in [-0.3, -0.25) is 4.98 Å². The van der Waals surface area contributed by atoms with Crippen molar-refractivity contribution in [2.24, 2.45) is 7.05 Å². The van der Waals surface area contributed by atoms with Crippen molar-refractivity contribution in [1.29, 1.82) is 0 Å². The summed E-state index contributed by atoms with van der Waals surface area (Å²) in [7, 11) is 2.00. The van der Waals surface area contributed by atoms with Crippen molar-refractivity contribution in [3.8, 4) is 0 Å². The first-order valence-corrected chi connectivity index (χ1v) is 4.91. The van der Waals surface area contributed by atoms with E-state index >= 15 is 0 Å². The van der Waals surface area contributed by atoms with Crippen molar-refractivity contribution >= 4 is 0 Å². The van der Waals surface area contributed by atoms with E-state index in [1.807, 2.05) is 36.3 Å². The molecule has 0 fully saturated rings. The second-order valence-electron chi connectivity index (χ2n) is 3.45. The fourth-order valence-electron chi connectivity index (χ4n) is 1.39. The van der Waals surface area contributed by atoms with E-state index in [1.165, 1.54) is 11.3 Å². The van der Waals surface area contributed by atoms with Gasteiger partial charge in [-0.15, -0.1) is 0 Å². The summed E-state index contributed by atoms with van der Waals surface area (Å²) in [6.45, 7) is 1.69. The third kappa shape index (κ3) is 2.63. The largest absolute Gasteiger partial charge is 0.337 e. The standard InChI is InChI=1S/C11H14N4/c1-15-9-14-8-11(15)7-13-6-10-2-4-12-5-3-10/h2-5,8-9,13H,6-7H2,1H3. The van der Waals surface area contributed by atoms with Crippen LogP contribution in [0.15, 0.2) is 37.1 Å². The van der Waals surface area contributed by atoms with Crippen LogP contribution in [0.2, 0.25) is 0 Å². The van der Waals surface area contributed by atoms with E-state index in [2.05, 4.69) is 15.3 Å². The monoisotopic (exact) mass is 202 g/mol. The summed E-state index contributed by atoms with van der Waals surface area (Å²) in [6, 6.07) is 4.02. The summed E-state index contributed by atoms with van der Waals surface area (Å²) in [6.07, 6.45) is 7.30. The lowest BCUT2D eigenvalue weighted by atomic mass is 10.3. The highest BCUT2D eigenvalue weighted by atomic mass is 15.0. The van der Waals surface area contributed by atoms with Gasteiger partial charge in [0.2, 0.25) is 0 Å². The average molecular weight is 202 g/mol. The lowest BCUT2D eigenvalue weighted by Gasteiger charge is -2.04. The molecule has 0 aliphatic carbocycles. The van der Waals surface area contributed by atoms with Crippen LogP contribution in [0, 0.1) is 0 Å². The summed E-state index contributed by atoms with van der Waals surface area (Å²) < 4.78 is 2.01. The maximum Gasteiger partial charge on any atom is 0.0945 e. The minimum atomic E-state index is 0.832. The van der Waals surface area contributed by atoms with Gasteiger partial charge in [-0.05, 0) is 17.7 Å². The molecule has 2 aromatic heterocycles. The van der Waals surface area contributed by atoms with E-state index in [0.29, 0.717) is 0 Å². The molecule has 0 aliphatic heterocycles. The predicted octanol–water partition coefficient (Wildman–Crippen LogP) is 1.10. The van der Waals surface area contributed by atoms with E-state index in [0.717, 1.165) is 13.1 Å². The van der Waals surface area contributed by atoms with Crippen molar-refractivity contribution in [3.05, 3.63) is 48.3 Å². The molecule has 0 saturated carbocycles. The third-order valence-electron chi connectivity index (χ3n) is 2.30. The Morgan fingerprint density at radius 3 is 2.67 bits per heavy atom. The quantitative estimate of drug-likeness (QED) is 0.807. The fourth-order valence-corrected chi connectivity index (χ4v) is 1.39. The molecule has 0 unspecified atom stereocenters. The zero-order valence-electron chi connectivity index (χ0n) is 8.72. The van der Waals surface area contributed by atoms with E-state index < -0.39 is 0 Å². The Labute approximate surface area is 89.0 Å². The Morgan fingerprint density at radius 2 is 2.00 bits per heavy atom. The van der Waals surface area contributed by atoms with E-state index in [4.69, 9.17) is 0 Å². The van der Waals surface area contributed by atoms with Crippen molar-refractivity contribution in [2.75, 3.05) is 0 Å². The van der Waals surface area contributed by atoms with Crippen LogP contribution in [0.1, 0.15) is 11.3 Å². The number of nitrogens with one attached hydrogen (secondary N) is 1. The van der Waals surface area contributed by atoms with E-state index in [1.54, 1.807) is 12.4 Å². The molecule has 0 saturated heterocycles. The minimum absolute atomic E-state index is 0.832. The van der Waals surface area contributed by atoms with Crippen LogP contribution in [-0.2, 0) is 20.1 Å². The lowest BCUT2D eigenvalue weighted by Crippen LogP contribution is -2.14. The number of rotatable bonds is 4. The molecule has 15 heavy (non-hydrogen) atoms. The normalized spacial score (nSPS) is 10.5. The van der Waals surface area contributed by atoms with Gasteiger partial charge in [0.15, 0.2) is 0 Å². The molecule has 1 N–H and O–H groups in total. The molecular formula is C11H14N4. The Bertz CT molecular complexity index is 408. The number of hydrogen-bond donors (Lipinski definition) is 1. The maximum absolute atomic E-state index is 4.06. The van der Waals surface area contributed by atoms with Crippen molar-refractivity contribution in [2.45, 2.75) is 13.1 Å². The van der Waals surface area contributed by atoms with Crippen LogP contribution in [-0.4, -0.2) is 14.5 Å². The summed E-state index contributed by atoms with van der Waals surface area (Å²) in [4.78, 5) is 8.04. The summed E-state index contributed by atoms with van der Waals surface area (Å²) in [5.74, 6) is 0. The Balaban J connectivity index is 1.83. The molecule has 0 atom stereocenters. The van der Waals surface area contributed by atoms with Crippen molar-refractivity contribution < 1.29 is 0 Å². The summed E-state index contributed by atoms with van der Waals surface area (Å²) >= 11 is 0. The zero-order valence-corrected chi connectivity index (χ0v) is 8.72. The highest BCUT2D eigenvalue weighted by molar-refractivity contribution is 5.09. The van der Waals surface area contributed by atoms with Crippen LogP contribution in [0.4, 0.5) is 0 Å². The molecule has 0 radical (unpaired) electrons. The average Bonchev–Trinajstić information content (AvgIpc) is 2.66. The predicted molar refractivity (Wildman–Crippen MR) is 58.0 cm³/mol. The first kappa shape index (κ1) is 9.86. The van der Waals surface area contributed by atoms with E-state index in [9.17, 15) is 0 Å². The Hall–Kier alpha value is -1.68. The smallest absolute Gasteiger partial charge is 0.0945 e. The minimum Gasteiger partial charge on any atom is -0.337 e. The molecule has 2 heterocycles. The van der Waals surface area contributed by atoms with Crippen molar-refractivity contribution in [3.63, 3.8) is 0 Å². The van der Waals surface area contributed by atoms with Gasteiger partial charge in [-0.2, -0.15) is 0 Å². The molecular weight excluding hydrogens is 188 g/mol. The number of aryl methyl sites for hydroxylation is 1. The van der Waals surface area contributed by atoms with Crippen LogP contribution < -0.4 is 5.32 Å². The number of nitrogens with zero attached hydrogens (tertiary/aromatic N) is 3. The zero-order chi connectivity index (χ0) is 10.5. The highest BCUT2D eigenvalue weighted by Gasteiger charge is 1.97. The van der Waals surface area contributed by atoms with Gasteiger partial charge < -0.3 is 9.88 Å². The first-order chi connectivity index (χ1) is 7.36. The second kappa shape index (κ2) is 4.70. The second-order valence-corrected chi connectivity index (χ2v) is 3.45. The number of imidazole rings is 1. The topological polar surface area (TPSA) is 42.7 Å². The van der Waals surface area contributed by atoms with Gasteiger partial charge in [-0.25, -0.2) is 4.98 Å². The number of pyridine rings is 1. The molecule has 4 nitrogen and oxygen atoms in total. The molecule has 0 bridgehead atoms. The van der Waals surface area contributed by atoms with E-state index in [-0.39, 0.29) is 0 Å². The molecule has 2 rings (SSSR count). The van der Waals surface area contributed by atoms with Gasteiger partial charge in [0.1, 0.15) is 0 Å². The SMILES string of the molecule is Cn1cncc1CNCc1ccncc1. The third-order valence-corrected chi connectivity index (χ3v) is 2.30. The highest BCUT2D eigenvalue weighted by Crippen LogP contribution is 1.98. The van der Waals surface area contributed by atoms with Gasteiger partial charge >= 0.3 is 0 Å². The molecule has 4 heteroatoms. The van der Waals surface area contributed by atoms with Gasteiger partial charge in [0, 0.05) is 38.7 Å². The van der Waals surface area contributed by atoms with Crippen molar-refractivity contribution in [1.82, 2.24) is 19.9 Å². The van der Waals surface area contributed by atoms with Gasteiger partial charge in [-0.1, -0.05) is 0 Å². The maximum atomic E-state index is 4.06. The molecule has 0 aromatic carbocycles. The number of aromatic nitrogens is 3. The molecule has 2 aromatic rings. The summed E-state index contributed by atoms with van der Waals surface area (Å²) in [5.41, 5.74) is 2.43. The number of hydrogen-bond acceptors (Lipinski definition) is 3. The first-order valence-electron chi connectivity index (χ1n) is 4.91. The lowest BCUT2D eigenvalue weighted by molar-refractivity contribution is 0.655. The Morgan fingerprint density at radius 1 is 1.20 bits per heavy atom. The van der Waals surface area contributed by atoms with Gasteiger partial charge in [0.25, 0.3) is 0 Å². The van der Waals surface area contributed by atoms with Crippen LogP contribution in [0.5, 0.6) is 0 Å². The van der Waals surface area contributed by atoms with Gasteiger partial charge in [0.05, 0.1) is 12.0 Å².